The predicted molar refractivity (Wildman–Crippen MR) is 120 cm³/mol. The standard InChI is InChI=1S/C26H42O3/c1-6-7-8-9-10-13-25(2,3)19-15-22(28)24-20-14-18(17-27)11-12-21(20)26(4,5)29-23(24)16-19/h15-16,18,20-21,27-28H,6-14,17H2,1-5H3/t18-,20-,21-/m1/s1. The lowest BCUT2D eigenvalue weighted by Crippen LogP contribution is -2.47. The molecule has 0 unspecified atom stereocenters. The van der Waals surface area contributed by atoms with Crippen LogP contribution in [0.4, 0.5) is 0 Å². The van der Waals surface area contributed by atoms with Gasteiger partial charge in [0.05, 0.1) is 0 Å². The summed E-state index contributed by atoms with van der Waals surface area (Å²) in [6, 6.07) is 4.19. The van der Waals surface area contributed by atoms with E-state index in [1.807, 2.05) is 6.07 Å². The topological polar surface area (TPSA) is 49.7 Å². The van der Waals surface area contributed by atoms with Crippen LogP contribution in [0.1, 0.15) is 109 Å². The highest BCUT2D eigenvalue weighted by molar-refractivity contribution is 5.53. The molecule has 1 aromatic rings. The van der Waals surface area contributed by atoms with E-state index in [1.165, 1.54) is 37.7 Å². The van der Waals surface area contributed by atoms with Gasteiger partial charge in [-0.15, -0.1) is 0 Å². The molecule has 1 aliphatic carbocycles. The van der Waals surface area contributed by atoms with E-state index in [-0.39, 0.29) is 23.5 Å². The summed E-state index contributed by atoms with van der Waals surface area (Å²) in [5, 5.41) is 20.8. The Labute approximate surface area is 177 Å². The number of aliphatic hydroxyl groups is 1. The number of phenolic OH excluding ortho intramolecular Hbond substituents is 1. The summed E-state index contributed by atoms with van der Waals surface area (Å²) >= 11 is 0. The van der Waals surface area contributed by atoms with Gasteiger partial charge in [-0.3, -0.25) is 0 Å². The van der Waals surface area contributed by atoms with Gasteiger partial charge in [-0.05, 0) is 74.5 Å². The summed E-state index contributed by atoms with van der Waals surface area (Å²) in [5.41, 5.74) is 1.93. The highest BCUT2D eigenvalue weighted by atomic mass is 16.5. The minimum Gasteiger partial charge on any atom is -0.508 e. The molecule has 3 rings (SSSR count). The SMILES string of the molecule is CCCCCCCC(C)(C)c1cc(O)c2c(c1)OC(C)(C)[C@@H]1CC[C@@H](CO)C[C@@H]21. The second-order valence-electron chi connectivity index (χ2n) is 10.7. The Kier molecular flexibility index (Phi) is 6.88. The Morgan fingerprint density at radius 3 is 2.52 bits per heavy atom. The Morgan fingerprint density at radius 1 is 1.10 bits per heavy atom. The quantitative estimate of drug-likeness (QED) is 0.476. The van der Waals surface area contributed by atoms with Crippen LogP contribution in [0, 0.1) is 11.8 Å². The third kappa shape index (κ3) is 4.76. The van der Waals surface area contributed by atoms with E-state index in [1.54, 1.807) is 0 Å². The minimum absolute atomic E-state index is 0.0171. The van der Waals surface area contributed by atoms with Crippen LogP contribution >= 0.6 is 0 Å². The summed E-state index contributed by atoms with van der Waals surface area (Å²) < 4.78 is 6.51. The highest BCUT2D eigenvalue weighted by Gasteiger charge is 2.47. The highest BCUT2D eigenvalue weighted by Crippen LogP contribution is 2.56. The van der Waals surface area contributed by atoms with Crippen molar-refractivity contribution in [1.82, 2.24) is 0 Å². The van der Waals surface area contributed by atoms with Crippen LogP contribution in [0.5, 0.6) is 11.5 Å². The van der Waals surface area contributed by atoms with Crippen LogP contribution < -0.4 is 4.74 Å². The number of ether oxygens (including phenoxy) is 1. The van der Waals surface area contributed by atoms with Crippen molar-refractivity contribution in [2.45, 2.75) is 109 Å². The van der Waals surface area contributed by atoms with Gasteiger partial charge in [0, 0.05) is 18.1 Å². The normalized spacial score (nSPS) is 25.8. The first-order valence-electron chi connectivity index (χ1n) is 11.9. The smallest absolute Gasteiger partial charge is 0.127 e. The molecule has 0 aromatic heterocycles. The van der Waals surface area contributed by atoms with E-state index >= 15 is 0 Å². The minimum atomic E-state index is -0.243. The average Bonchev–Trinajstić information content (AvgIpc) is 2.66. The lowest BCUT2D eigenvalue weighted by Gasteiger charge is -2.49. The van der Waals surface area contributed by atoms with Crippen molar-refractivity contribution in [3.8, 4) is 11.5 Å². The van der Waals surface area contributed by atoms with Crippen molar-refractivity contribution in [1.29, 1.82) is 0 Å². The number of fused-ring (bicyclic) bond motifs is 3. The van der Waals surface area contributed by atoms with Crippen molar-refractivity contribution in [2.24, 2.45) is 11.8 Å². The van der Waals surface area contributed by atoms with Crippen LogP contribution in [0.3, 0.4) is 0 Å². The van der Waals surface area contributed by atoms with Gasteiger partial charge in [0.2, 0.25) is 0 Å². The molecule has 2 aliphatic rings. The van der Waals surface area contributed by atoms with Crippen molar-refractivity contribution >= 4 is 0 Å². The molecule has 3 nitrogen and oxygen atoms in total. The van der Waals surface area contributed by atoms with Gasteiger partial charge in [-0.25, -0.2) is 0 Å². The number of hydrogen-bond acceptors (Lipinski definition) is 3. The number of unbranched alkanes of at least 4 members (excludes halogenated alkanes) is 4. The van der Waals surface area contributed by atoms with E-state index in [9.17, 15) is 10.2 Å². The van der Waals surface area contributed by atoms with Gasteiger partial charge in [0.15, 0.2) is 0 Å². The zero-order valence-corrected chi connectivity index (χ0v) is 19.3. The van der Waals surface area contributed by atoms with E-state index in [0.717, 1.165) is 37.0 Å². The van der Waals surface area contributed by atoms with Gasteiger partial charge in [0.1, 0.15) is 17.1 Å². The fourth-order valence-electron chi connectivity index (χ4n) is 5.71. The van der Waals surface area contributed by atoms with Gasteiger partial charge in [-0.1, -0.05) is 52.9 Å². The number of aliphatic hydroxyl groups excluding tert-OH is 1. The number of aromatic hydroxyl groups is 1. The maximum absolute atomic E-state index is 11.1. The monoisotopic (exact) mass is 402 g/mol. The fourth-order valence-corrected chi connectivity index (χ4v) is 5.71. The van der Waals surface area contributed by atoms with E-state index in [2.05, 4.69) is 40.7 Å². The number of hydrogen-bond donors (Lipinski definition) is 2. The summed E-state index contributed by atoms with van der Waals surface area (Å²) in [7, 11) is 0. The van der Waals surface area contributed by atoms with Crippen molar-refractivity contribution in [3.05, 3.63) is 23.3 Å². The van der Waals surface area contributed by atoms with Crippen molar-refractivity contribution in [2.75, 3.05) is 6.61 Å². The molecule has 0 amide bonds. The van der Waals surface area contributed by atoms with Crippen molar-refractivity contribution < 1.29 is 14.9 Å². The van der Waals surface area contributed by atoms with E-state index in [0.29, 0.717) is 17.6 Å². The summed E-state index contributed by atoms with van der Waals surface area (Å²) in [5.74, 6) is 2.24. The molecule has 1 fully saturated rings. The second kappa shape index (κ2) is 8.88. The summed E-state index contributed by atoms with van der Waals surface area (Å²) in [4.78, 5) is 0. The lowest BCUT2D eigenvalue weighted by atomic mass is 9.63. The second-order valence-corrected chi connectivity index (χ2v) is 10.7. The van der Waals surface area contributed by atoms with E-state index in [4.69, 9.17) is 4.74 Å². The third-order valence-electron chi connectivity index (χ3n) is 7.66. The van der Waals surface area contributed by atoms with Crippen LogP contribution in [-0.4, -0.2) is 22.4 Å². The molecular formula is C26H42O3. The lowest BCUT2D eigenvalue weighted by molar-refractivity contribution is -0.0211. The molecule has 2 N–H and O–H groups in total. The van der Waals surface area contributed by atoms with Crippen molar-refractivity contribution in [3.63, 3.8) is 0 Å². The van der Waals surface area contributed by atoms with Crippen LogP contribution in [0.25, 0.3) is 0 Å². The van der Waals surface area contributed by atoms with Gasteiger partial charge >= 0.3 is 0 Å². The molecule has 1 aliphatic heterocycles. The van der Waals surface area contributed by atoms with E-state index < -0.39 is 0 Å². The Bertz CT molecular complexity index is 691. The van der Waals surface area contributed by atoms with Crippen LogP contribution in [0.2, 0.25) is 0 Å². The zero-order chi connectivity index (χ0) is 21.2. The van der Waals surface area contributed by atoms with Crippen LogP contribution in [-0.2, 0) is 5.41 Å². The molecular weight excluding hydrogens is 360 g/mol. The zero-order valence-electron chi connectivity index (χ0n) is 19.3. The van der Waals surface area contributed by atoms with Crippen LogP contribution in [0.15, 0.2) is 12.1 Å². The first-order valence-corrected chi connectivity index (χ1v) is 11.9. The molecule has 0 saturated heterocycles. The first-order chi connectivity index (χ1) is 13.7. The predicted octanol–water partition coefficient (Wildman–Crippen LogP) is 6.69. The largest absolute Gasteiger partial charge is 0.508 e. The maximum atomic E-state index is 11.1. The summed E-state index contributed by atoms with van der Waals surface area (Å²) in [6.07, 6.45) is 10.6. The molecule has 3 heteroatoms. The molecule has 0 bridgehead atoms. The molecule has 29 heavy (non-hydrogen) atoms. The third-order valence-corrected chi connectivity index (χ3v) is 7.66. The number of rotatable bonds is 8. The Morgan fingerprint density at radius 2 is 1.83 bits per heavy atom. The van der Waals surface area contributed by atoms with Gasteiger partial charge < -0.3 is 14.9 Å². The van der Waals surface area contributed by atoms with Gasteiger partial charge in [-0.2, -0.15) is 0 Å². The molecule has 1 heterocycles. The summed E-state index contributed by atoms with van der Waals surface area (Å²) in [6.45, 7) is 11.4. The molecule has 0 spiro atoms. The molecule has 164 valence electrons. The average molecular weight is 403 g/mol. The molecule has 0 radical (unpaired) electrons. The first kappa shape index (κ1) is 22.5. The number of benzene rings is 1. The fraction of sp³-hybridized carbons (Fsp3) is 0.769. The maximum Gasteiger partial charge on any atom is 0.127 e. The number of phenols is 1. The molecule has 3 atom stereocenters. The molecule has 1 aromatic carbocycles. The Hall–Kier alpha value is -1.22. The van der Waals surface area contributed by atoms with Gasteiger partial charge in [0.25, 0.3) is 0 Å². The Balaban J connectivity index is 1.85. The molecule has 1 saturated carbocycles.